The van der Waals surface area contributed by atoms with Crippen molar-refractivity contribution in [1.29, 1.82) is 0 Å². The van der Waals surface area contributed by atoms with E-state index in [0.29, 0.717) is 6.61 Å². The molecule has 0 aliphatic rings. The highest BCUT2D eigenvalue weighted by Gasteiger charge is 2.37. The number of carbonyl (C=O) groups excluding carboxylic acids is 1. The summed E-state index contributed by atoms with van der Waals surface area (Å²) in [6.45, 7) is 9.74. The van der Waals surface area contributed by atoms with Crippen molar-refractivity contribution in [2.45, 2.75) is 58.5 Å². The molecule has 2 aromatic rings. The van der Waals surface area contributed by atoms with Crippen LogP contribution in [0.25, 0.3) is 10.9 Å². The van der Waals surface area contributed by atoms with E-state index in [1.165, 1.54) is 6.92 Å². The summed E-state index contributed by atoms with van der Waals surface area (Å²) in [6.07, 6.45) is -2.87. The van der Waals surface area contributed by atoms with Crippen LogP contribution in [-0.2, 0) is 27.2 Å². The number of nitrogens with zero attached hydrogens (tertiary/aromatic N) is 3. The zero-order chi connectivity index (χ0) is 22.0. The van der Waals surface area contributed by atoms with Crippen LogP contribution in [-0.4, -0.2) is 41.6 Å². The Morgan fingerprint density at radius 2 is 1.97 bits per heavy atom. The van der Waals surface area contributed by atoms with Crippen LogP contribution in [0.15, 0.2) is 17.2 Å². The normalized spacial score (nSPS) is 13.7. The van der Waals surface area contributed by atoms with Crippen LogP contribution in [0.4, 0.5) is 13.2 Å². The molecule has 2 heterocycles. The minimum Gasteiger partial charge on any atom is -0.464 e. The van der Waals surface area contributed by atoms with Crippen LogP contribution in [0.2, 0.25) is 25.7 Å². The minimum absolute atomic E-state index is 0.0822. The van der Waals surface area contributed by atoms with Gasteiger partial charge in [0.05, 0.1) is 29.3 Å². The lowest BCUT2D eigenvalue weighted by Gasteiger charge is -2.15. The third-order valence-electron chi connectivity index (χ3n) is 4.40. The highest BCUT2D eigenvalue weighted by Crippen LogP contribution is 2.35. The summed E-state index contributed by atoms with van der Waals surface area (Å²) in [5.41, 5.74) is -2.12. The Kier molecular flexibility index (Phi) is 6.94. The van der Waals surface area contributed by atoms with E-state index in [2.05, 4.69) is 24.7 Å². The second kappa shape index (κ2) is 8.70. The first kappa shape index (κ1) is 23.1. The number of carbonyl (C=O) groups is 1. The van der Waals surface area contributed by atoms with Gasteiger partial charge in [-0.2, -0.15) is 18.3 Å². The molecular weight excluding hydrogens is 407 g/mol. The summed E-state index contributed by atoms with van der Waals surface area (Å²) in [5.74, 6) is -0.697. The van der Waals surface area contributed by atoms with Gasteiger partial charge in [-0.1, -0.05) is 19.6 Å². The summed E-state index contributed by atoms with van der Waals surface area (Å²) in [6, 6.07) is -0.191. The van der Waals surface area contributed by atoms with Gasteiger partial charge in [0.15, 0.2) is 0 Å². The summed E-state index contributed by atoms with van der Waals surface area (Å²) >= 11 is 0. The molecule has 0 amide bonds. The molecule has 2 aromatic heterocycles. The third kappa shape index (κ3) is 5.47. The number of hydrogen-bond donors (Lipinski definition) is 0. The van der Waals surface area contributed by atoms with Gasteiger partial charge in [0.1, 0.15) is 12.8 Å². The number of hydrogen-bond acceptors (Lipinski definition) is 5. The predicted molar refractivity (Wildman–Crippen MR) is 104 cm³/mol. The van der Waals surface area contributed by atoms with Crippen molar-refractivity contribution in [3.05, 3.63) is 28.3 Å². The molecule has 0 N–H and O–H groups in total. The Morgan fingerprint density at radius 1 is 1.31 bits per heavy atom. The standard InChI is InChI=1S/C18H26F3N3O4Si/c1-6-28-17(26)12(2)23-10-13(18(19,20)21)15-14(23)9-22-24(16(15)25)11-27-7-8-29(3,4)5/h9-10,12H,6-8,11H2,1-5H3. The lowest BCUT2D eigenvalue weighted by molar-refractivity contribution is -0.146. The molecule has 0 saturated heterocycles. The average Bonchev–Trinajstić information content (AvgIpc) is 2.99. The fourth-order valence-electron chi connectivity index (χ4n) is 2.74. The minimum atomic E-state index is -4.77. The Hall–Kier alpha value is -2.14. The summed E-state index contributed by atoms with van der Waals surface area (Å²) in [5, 5.41) is 3.39. The molecule has 11 heteroatoms. The number of esters is 1. The van der Waals surface area contributed by atoms with Gasteiger partial charge in [-0.05, 0) is 19.9 Å². The van der Waals surface area contributed by atoms with E-state index in [-0.39, 0.29) is 18.9 Å². The number of ether oxygens (including phenoxy) is 2. The first-order chi connectivity index (χ1) is 13.4. The fourth-order valence-corrected chi connectivity index (χ4v) is 3.49. The Bertz CT molecular complexity index is 931. The lowest BCUT2D eigenvalue weighted by atomic mass is 10.2. The molecule has 0 aromatic carbocycles. The van der Waals surface area contributed by atoms with Crippen molar-refractivity contribution in [3.63, 3.8) is 0 Å². The molecule has 0 aliphatic carbocycles. The van der Waals surface area contributed by atoms with Crippen LogP contribution in [0, 0.1) is 0 Å². The summed E-state index contributed by atoms with van der Waals surface area (Å²) in [7, 11) is -1.34. The Balaban J connectivity index is 2.45. The SMILES string of the molecule is CCOC(=O)C(C)n1cc(C(F)(F)F)c2c(=O)n(COCC[Si](C)(C)C)ncc21. The second-order valence-electron chi connectivity index (χ2n) is 7.93. The molecule has 29 heavy (non-hydrogen) atoms. The quantitative estimate of drug-likeness (QED) is 0.361. The largest absolute Gasteiger partial charge is 0.464 e. The topological polar surface area (TPSA) is 75.3 Å². The van der Waals surface area contributed by atoms with Gasteiger partial charge in [0.25, 0.3) is 5.56 Å². The van der Waals surface area contributed by atoms with Crippen molar-refractivity contribution >= 4 is 24.9 Å². The molecule has 0 aliphatic heterocycles. The van der Waals surface area contributed by atoms with Crippen molar-refractivity contribution < 1.29 is 27.4 Å². The molecule has 1 atom stereocenters. The van der Waals surface area contributed by atoms with Gasteiger partial charge in [-0.3, -0.25) is 4.79 Å². The van der Waals surface area contributed by atoms with E-state index >= 15 is 0 Å². The molecule has 162 valence electrons. The van der Waals surface area contributed by atoms with Crippen LogP contribution in [0.3, 0.4) is 0 Å². The predicted octanol–water partition coefficient (Wildman–Crippen LogP) is 3.65. The molecule has 0 fully saturated rings. The smallest absolute Gasteiger partial charge is 0.418 e. The van der Waals surface area contributed by atoms with Crippen LogP contribution in [0.5, 0.6) is 0 Å². The maximum atomic E-state index is 13.6. The fraction of sp³-hybridized carbons (Fsp3) is 0.611. The van der Waals surface area contributed by atoms with E-state index in [1.54, 1.807) is 6.92 Å². The number of alkyl halides is 3. The molecule has 0 bridgehead atoms. The third-order valence-corrected chi connectivity index (χ3v) is 6.10. The van der Waals surface area contributed by atoms with Crippen molar-refractivity contribution in [2.75, 3.05) is 13.2 Å². The van der Waals surface area contributed by atoms with E-state index in [9.17, 15) is 22.8 Å². The van der Waals surface area contributed by atoms with Crippen LogP contribution in [0.1, 0.15) is 25.5 Å². The molecule has 1 unspecified atom stereocenters. The molecule has 0 saturated carbocycles. The Labute approximate surface area is 167 Å². The molecule has 2 rings (SSSR count). The molecule has 0 radical (unpaired) electrons. The number of halogens is 3. The zero-order valence-electron chi connectivity index (χ0n) is 17.2. The van der Waals surface area contributed by atoms with Gasteiger partial charge < -0.3 is 14.0 Å². The van der Waals surface area contributed by atoms with Crippen LogP contribution >= 0.6 is 0 Å². The van der Waals surface area contributed by atoms with Crippen LogP contribution < -0.4 is 5.56 Å². The van der Waals surface area contributed by atoms with Gasteiger partial charge in [0.2, 0.25) is 0 Å². The zero-order valence-corrected chi connectivity index (χ0v) is 18.2. The second-order valence-corrected chi connectivity index (χ2v) is 13.6. The first-order valence-electron chi connectivity index (χ1n) is 9.29. The van der Waals surface area contributed by atoms with Gasteiger partial charge in [-0.15, -0.1) is 0 Å². The van der Waals surface area contributed by atoms with Crippen molar-refractivity contribution in [3.8, 4) is 0 Å². The number of rotatable bonds is 8. The van der Waals surface area contributed by atoms with E-state index in [0.717, 1.165) is 27.7 Å². The highest BCUT2D eigenvalue weighted by atomic mass is 28.3. The van der Waals surface area contributed by atoms with Gasteiger partial charge in [-0.25, -0.2) is 9.48 Å². The van der Waals surface area contributed by atoms with Gasteiger partial charge in [0, 0.05) is 20.9 Å². The average molecular weight is 434 g/mol. The maximum Gasteiger partial charge on any atom is 0.418 e. The molecule has 7 nitrogen and oxygen atoms in total. The van der Waals surface area contributed by atoms with Crippen molar-refractivity contribution in [1.82, 2.24) is 14.3 Å². The lowest BCUT2D eigenvalue weighted by Crippen LogP contribution is -2.27. The van der Waals surface area contributed by atoms with E-state index in [4.69, 9.17) is 9.47 Å². The Morgan fingerprint density at radius 3 is 2.52 bits per heavy atom. The molecular formula is C18H26F3N3O4Si. The first-order valence-corrected chi connectivity index (χ1v) is 13.0. The molecule has 0 spiro atoms. The number of aromatic nitrogens is 3. The monoisotopic (exact) mass is 433 g/mol. The number of fused-ring (bicyclic) bond motifs is 1. The maximum absolute atomic E-state index is 13.6. The van der Waals surface area contributed by atoms with E-state index < -0.39 is 42.8 Å². The highest BCUT2D eigenvalue weighted by molar-refractivity contribution is 6.76. The van der Waals surface area contributed by atoms with Crippen molar-refractivity contribution in [2.24, 2.45) is 0 Å². The van der Waals surface area contributed by atoms with E-state index in [1.807, 2.05) is 0 Å². The summed E-state index contributed by atoms with van der Waals surface area (Å²) < 4.78 is 53.0. The van der Waals surface area contributed by atoms with Gasteiger partial charge >= 0.3 is 12.1 Å². The summed E-state index contributed by atoms with van der Waals surface area (Å²) in [4.78, 5) is 24.7.